The van der Waals surface area contributed by atoms with Gasteiger partial charge in [0.25, 0.3) is 0 Å². The van der Waals surface area contributed by atoms with Crippen LogP contribution in [0, 0.1) is 12.3 Å². The van der Waals surface area contributed by atoms with Gasteiger partial charge in [-0.3, -0.25) is 4.79 Å². The first-order valence-electron chi connectivity index (χ1n) is 5.65. The quantitative estimate of drug-likeness (QED) is 0.848. The van der Waals surface area contributed by atoms with Crippen molar-refractivity contribution in [1.29, 1.82) is 0 Å². The average molecular weight is 219 g/mol. The van der Waals surface area contributed by atoms with Crippen molar-refractivity contribution in [2.24, 2.45) is 11.1 Å². The highest BCUT2D eigenvalue weighted by Gasteiger charge is 2.27. The Morgan fingerprint density at radius 1 is 1.31 bits per heavy atom. The van der Waals surface area contributed by atoms with Crippen LogP contribution in [0.5, 0.6) is 0 Å². The Hall–Kier alpha value is -1.15. The van der Waals surface area contributed by atoms with E-state index >= 15 is 0 Å². The van der Waals surface area contributed by atoms with Gasteiger partial charge in [-0.2, -0.15) is 0 Å². The van der Waals surface area contributed by atoms with Crippen LogP contribution >= 0.6 is 0 Å². The molecule has 1 aromatic carbocycles. The maximum absolute atomic E-state index is 12.0. The molecule has 2 heteroatoms. The van der Waals surface area contributed by atoms with Crippen molar-refractivity contribution in [2.75, 3.05) is 0 Å². The zero-order valence-electron chi connectivity index (χ0n) is 10.6. The van der Waals surface area contributed by atoms with Gasteiger partial charge in [0.05, 0.1) is 6.04 Å². The molecule has 1 unspecified atom stereocenters. The van der Waals surface area contributed by atoms with E-state index < -0.39 is 6.04 Å². The van der Waals surface area contributed by atoms with E-state index in [9.17, 15) is 4.79 Å². The molecule has 0 bridgehead atoms. The van der Waals surface area contributed by atoms with Gasteiger partial charge < -0.3 is 5.73 Å². The number of hydrogen-bond donors (Lipinski definition) is 1. The summed E-state index contributed by atoms with van der Waals surface area (Å²) in [6.07, 6.45) is 0.436. The molecule has 16 heavy (non-hydrogen) atoms. The average Bonchev–Trinajstić information content (AvgIpc) is 2.19. The molecule has 0 aromatic heterocycles. The maximum Gasteiger partial charge on any atom is 0.154 e. The van der Waals surface area contributed by atoms with Crippen LogP contribution in [-0.2, 0) is 11.2 Å². The molecule has 0 aliphatic rings. The zero-order valence-corrected chi connectivity index (χ0v) is 10.6. The topological polar surface area (TPSA) is 43.1 Å². The summed E-state index contributed by atoms with van der Waals surface area (Å²) in [4.78, 5) is 12.0. The van der Waals surface area contributed by atoms with Crippen molar-refractivity contribution in [3.8, 4) is 0 Å². The highest BCUT2D eigenvalue weighted by atomic mass is 16.1. The van der Waals surface area contributed by atoms with Gasteiger partial charge in [0.1, 0.15) is 0 Å². The van der Waals surface area contributed by atoms with Crippen molar-refractivity contribution in [3.05, 3.63) is 35.4 Å². The Morgan fingerprint density at radius 3 is 2.38 bits per heavy atom. The Bertz CT molecular complexity index is 377. The maximum atomic E-state index is 12.0. The van der Waals surface area contributed by atoms with Gasteiger partial charge in [-0.25, -0.2) is 0 Å². The lowest BCUT2D eigenvalue weighted by molar-refractivity contribution is -0.121. The molecule has 2 nitrogen and oxygen atoms in total. The van der Waals surface area contributed by atoms with E-state index in [1.807, 2.05) is 52.0 Å². The summed E-state index contributed by atoms with van der Waals surface area (Å²) in [5, 5.41) is 0. The second kappa shape index (κ2) is 4.79. The van der Waals surface area contributed by atoms with Gasteiger partial charge in [0.2, 0.25) is 0 Å². The number of nitrogens with two attached hydrogens (primary N) is 1. The Morgan fingerprint density at radius 2 is 1.88 bits per heavy atom. The van der Waals surface area contributed by atoms with Gasteiger partial charge in [-0.15, -0.1) is 0 Å². The second-order valence-electron chi connectivity index (χ2n) is 5.41. The van der Waals surface area contributed by atoms with E-state index in [4.69, 9.17) is 5.73 Å². The van der Waals surface area contributed by atoms with E-state index in [1.54, 1.807) is 0 Å². The van der Waals surface area contributed by atoms with E-state index in [1.165, 1.54) is 0 Å². The van der Waals surface area contributed by atoms with Gasteiger partial charge in [0, 0.05) is 6.42 Å². The summed E-state index contributed by atoms with van der Waals surface area (Å²) in [5.74, 6) is 0.113. The summed E-state index contributed by atoms with van der Waals surface area (Å²) in [6, 6.07) is 7.55. The van der Waals surface area contributed by atoms with Crippen LogP contribution in [0.4, 0.5) is 0 Å². The van der Waals surface area contributed by atoms with Gasteiger partial charge in [-0.1, -0.05) is 45.0 Å². The fraction of sp³-hybridized carbons (Fsp3) is 0.500. The standard InChI is InChI=1S/C14H21NO/c1-10-7-5-6-8-11(10)9-12(16)13(15)14(2,3)4/h5-8,13H,9,15H2,1-4H3. The molecule has 2 N–H and O–H groups in total. The molecule has 0 aliphatic heterocycles. The minimum Gasteiger partial charge on any atom is -0.321 e. The van der Waals surface area contributed by atoms with E-state index in [0.29, 0.717) is 6.42 Å². The molecule has 1 rings (SSSR count). The van der Waals surface area contributed by atoms with Crippen LogP contribution in [0.25, 0.3) is 0 Å². The number of ketones is 1. The lowest BCUT2D eigenvalue weighted by Crippen LogP contribution is -2.43. The fourth-order valence-corrected chi connectivity index (χ4v) is 1.59. The number of aryl methyl sites for hydroxylation is 1. The zero-order chi connectivity index (χ0) is 12.3. The molecule has 0 amide bonds. The van der Waals surface area contributed by atoms with E-state index in [0.717, 1.165) is 11.1 Å². The van der Waals surface area contributed by atoms with Crippen molar-refractivity contribution < 1.29 is 4.79 Å². The summed E-state index contributed by atoms with van der Waals surface area (Å²) in [7, 11) is 0. The van der Waals surface area contributed by atoms with Crippen LogP contribution in [0.15, 0.2) is 24.3 Å². The number of benzene rings is 1. The minimum absolute atomic E-state index is 0.113. The third-order valence-corrected chi connectivity index (χ3v) is 2.91. The molecular weight excluding hydrogens is 198 g/mol. The van der Waals surface area contributed by atoms with Crippen LogP contribution in [0.2, 0.25) is 0 Å². The van der Waals surface area contributed by atoms with Crippen LogP contribution < -0.4 is 5.73 Å². The predicted molar refractivity (Wildman–Crippen MR) is 67.3 cm³/mol. The number of carbonyl (C=O) groups excluding carboxylic acids is 1. The highest BCUT2D eigenvalue weighted by molar-refractivity contribution is 5.86. The molecule has 88 valence electrons. The molecule has 0 aliphatic carbocycles. The number of carbonyl (C=O) groups is 1. The van der Waals surface area contributed by atoms with Crippen molar-refractivity contribution in [1.82, 2.24) is 0 Å². The molecule has 1 aromatic rings. The summed E-state index contributed by atoms with van der Waals surface area (Å²) >= 11 is 0. The first kappa shape index (κ1) is 12.9. The molecule has 0 fully saturated rings. The van der Waals surface area contributed by atoms with Crippen LogP contribution in [0.3, 0.4) is 0 Å². The lowest BCUT2D eigenvalue weighted by atomic mass is 9.83. The number of Topliss-reactive ketones (excluding diaryl/α,β-unsaturated/α-hetero) is 1. The molecule has 0 saturated heterocycles. The Labute approximate surface area is 97.9 Å². The Kier molecular flexibility index (Phi) is 3.87. The van der Waals surface area contributed by atoms with Gasteiger partial charge in [0.15, 0.2) is 5.78 Å². The third kappa shape index (κ3) is 3.17. The van der Waals surface area contributed by atoms with E-state index in [-0.39, 0.29) is 11.2 Å². The molecule has 1 atom stereocenters. The molecule has 0 heterocycles. The highest BCUT2D eigenvalue weighted by Crippen LogP contribution is 2.20. The van der Waals surface area contributed by atoms with Crippen LogP contribution in [0.1, 0.15) is 31.9 Å². The minimum atomic E-state index is -0.396. The van der Waals surface area contributed by atoms with Crippen molar-refractivity contribution >= 4 is 5.78 Å². The summed E-state index contributed by atoms with van der Waals surface area (Å²) < 4.78 is 0. The lowest BCUT2D eigenvalue weighted by Gasteiger charge is -2.25. The van der Waals surface area contributed by atoms with Gasteiger partial charge >= 0.3 is 0 Å². The fourth-order valence-electron chi connectivity index (χ4n) is 1.59. The van der Waals surface area contributed by atoms with Crippen molar-refractivity contribution in [2.45, 2.75) is 40.2 Å². The monoisotopic (exact) mass is 219 g/mol. The third-order valence-electron chi connectivity index (χ3n) is 2.91. The largest absolute Gasteiger partial charge is 0.321 e. The van der Waals surface area contributed by atoms with Crippen LogP contribution in [-0.4, -0.2) is 11.8 Å². The smallest absolute Gasteiger partial charge is 0.154 e. The SMILES string of the molecule is Cc1ccccc1CC(=O)C(N)C(C)(C)C. The second-order valence-corrected chi connectivity index (χ2v) is 5.41. The molecular formula is C14H21NO. The number of rotatable bonds is 3. The normalized spacial score (nSPS) is 13.6. The predicted octanol–water partition coefficient (Wildman–Crippen LogP) is 2.48. The Balaban J connectivity index is 2.76. The summed E-state index contributed by atoms with van der Waals surface area (Å²) in [5.41, 5.74) is 8.00. The molecule has 0 spiro atoms. The first-order valence-corrected chi connectivity index (χ1v) is 5.65. The molecule has 0 saturated carbocycles. The van der Waals surface area contributed by atoms with Gasteiger partial charge in [-0.05, 0) is 23.5 Å². The van der Waals surface area contributed by atoms with Crippen molar-refractivity contribution in [3.63, 3.8) is 0 Å². The number of hydrogen-bond acceptors (Lipinski definition) is 2. The van der Waals surface area contributed by atoms with E-state index in [2.05, 4.69) is 0 Å². The first-order chi connectivity index (χ1) is 7.32. The summed E-state index contributed by atoms with van der Waals surface area (Å²) in [6.45, 7) is 8.00. The molecule has 0 radical (unpaired) electrons.